The Balaban J connectivity index is 0.00000300. The Kier molecular flexibility index (Phi) is 7.94. The molecule has 1 heterocycles. The highest BCUT2D eigenvalue weighted by atomic mass is 35.5. The summed E-state index contributed by atoms with van der Waals surface area (Å²) in [6, 6.07) is 7.70. The number of hydrogen-bond acceptors (Lipinski definition) is 4. The molecule has 1 saturated carbocycles. The summed E-state index contributed by atoms with van der Waals surface area (Å²) in [5, 5.41) is 0. The van der Waals surface area contributed by atoms with Crippen LogP contribution in [0.15, 0.2) is 24.3 Å². The second-order valence-corrected chi connectivity index (χ2v) is 8.53. The zero-order valence-electron chi connectivity index (χ0n) is 17.7. The lowest BCUT2D eigenvalue weighted by Crippen LogP contribution is -2.58. The van der Waals surface area contributed by atoms with Gasteiger partial charge in [0.1, 0.15) is 5.75 Å². The van der Waals surface area contributed by atoms with Crippen molar-refractivity contribution >= 4 is 24.2 Å². The molecule has 1 aromatic rings. The molecular weight excluding hydrogens is 390 g/mol. The summed E-state index contributed by atoms with van der Waals surface area (Å²) in [5.74, 6) is 0.720. The Labute approximate surface area is 180 Å². The minimum Gasteiger partial charge on any atom is -0.481 e. The number of benzene rings is 1. The van der Waals surface area contributed by atoms with E-state index in [1.165, 1.54) is 0 Å². The standard InChI is InChI=1S/C22H33N3O3.ClH/c1-16-7-6-8-18(15-16)28-17(2)20(26)24-11-13-25(14-12-24)21(27)19-9-4-5-10-22(19,3)23;/h6-8,15,17,19H,4-5,9-14,23H2,1-3H3;1H. The van der Waals surface area contributed by atoms with E-state index < -0.39 is 11.6 Å². The van der Waals surface area contributed by atoms with Crippen LogP contribution < -0.4 is 10.5 Å². The average Bonchev–Trinajstić information content (AvgIpc) is 2.66. The largest absolute Gasteiger partial charge is 0.481 e. The van der Waals surface area contributed by atoms with Crippen molar-refractivity contribution in [2.75, 3.05) is 26.2 Å². The maximum atomic E-state index is 13.0. The Hall–Kier alpha value is -1.79. The van der Waals surface area contributed by atoms with E-state index in [2.05, 4.69) is 0 Å². The van der Waals surface area contributed by atoms with Crippen molar-refractivity contribution in [1.82, 2.24) is 9.80 Å². The van der Waals surface area contributed by atoms with Crippen LogP contribution in [0.3, 0.4) is 0 Å². The topological polar surface area (TPSA) is 75.9 Å². The predicted molar refractivity (Wildman–Crippen MR) is 116 cm³/mol. The van der Waals surface area contributed by atoms with E-state index in [0.717, 1.165) is 31.2 Å². The summed E-state index contributed by atoms with van der Waals surface area (Å²) in [5.41, 5.74) is 7.08. The van der Waals surface area contributed by atoms with E-state index in [0.29, 0.717) is 31.9 Å². The number of amides is 2. The van der Waals surface area contributed by atoms with Crippen LogP contribution in [0.4, 0.5) is 0 Å². The maximum Gasteiger partial charge on any atom is 0.263 e. The molecule has 3 atom stereocenters. The molecule has 0 spiro atoms. The van der Waals surface area contributed by atoms with Crippen LogP contribution >= 0.6 is 12.4 Å². The number of piperazine rings is 1. The number of carbonyl (C=O) groups excluding carboxylic acids is 2. The van der Waals surface area contributed by atoms with E-state index in [-0.39, 0.29) is 30.1 Å². The van der Waals surface area contributed by atoms with E-state index in [1.807, 2.05) is 43.0 Å². The summed E-state index contributed by atoms with van der Waals surface area (Å²) in [6.45, 7) is 7.99. The first-order valence-electron chi connectivity index (χ1n) is 10.4. The third-order valence-corrected chi connectivity index (χ3v) is 6.11. The fourth-order valence-electron chi connectivity index (χ4n) is 4.33. The molecule has 0 bridgehead atoms. The lowest BCUT2D eigenvalue weighted by molar-refractivity contribution is -0.147. The summed E-state index contributed by atoms with van der Waals surface area (Å²) in [4.78, 5) is 29.4. The Bertz CT molecular complexity index is 717. The fourth-order valence-corrected chi connectivity index (χ4v) is 4.33. The van der Waals surface area contributed by atoms with Gasteiger partial charge in [-0.2, -0.15) is 0 Å². The van der Waals surface area contributed by atoms with Gasteiger partial charge in [-0.3, -0.25) is 9.59 Å². The molecule has 1 aliphatic carbocycles. The Morgan fingerprint density at radius 1 is 1.17 bits per heavy atom. The summed E-state index contributed by atoms with van der Waals surface area (Å²) in [6.07, 6.45) is 3.38. The smallest absolute Gasteiger partial charge is 0.263 e. The van der Waals surface area contributed by atoms with Crippen molar-refractivity contribution in [3.05, 3.63) is 29.8 Å². The number of ether oxygens (including phenoxy) is 1. The third-order valence-electron chi connectivity index (χ3n) is 6.11. The highest BCUT2D eigenvalue weighted by molar-refractivity contribution is 5.85. The third kappa shape index (κ3) is 5.64. The molecule has 2 aliphatic rings. The molecule has 0 aromatic heterocycles. The minimum atomic E-state index is -0.547. The van der Waals surface area contributed by atoms with Gasteiger partial charge in [0, 0.05) is 31.7 Å². The van der Waals surface area contributed by atoms with E-state index in [4.69, 9.17) is 10.5 Å². The first kappa shape index (κ1) is 23.5. The zero-order chi connectivity index (χ0) is 20.3. The summed E-state index contributed by atoms with van der Waals surface area (Å²) >= 11 is 0. The van der Waals surface area contributed by atoms with Crippen LogP contribution in [0.25, 0.3) is 0 Å². The first-order valence-corrected chi connectivity index (χ1v) is 10.4. The van der Waals surface area contributed by atoms with Crippen molar-refractivity contribution in [3.63, 3.8) is 0 Å². The molecule has 29 heavy (non-hydrogen) atoms. The van der Waals surface area contributed by atoms with Crippen LogP contribution in [0.5, 0.6) is 5.75 Å². The highest BCUT2D eigenvalue weighted by Crippen LogP contribution is 2.33. The van der Waals surface area contributed by atoms with Crippen LogP contribution in [-0.4, -0.2) is 59.4 Å². The second-order valence-electron chi connectivity index (χ2n) is 8.53. The van der Waals surface area contributed by atoms with Gasteiger partial charge in [0.15, 0.2) is 6.10 Å². The number of carbonyl (C=O) groups is 2. The molecule has 1 aromatic carbocycles. The van der Waals surface area contributed by atoms with E-state index in [9.17, 15) is 9.59 Å². The number of nitrogens with zero attached hydrogens (tertiary/aromatic N) is 2. The number of rotatable bonds is 4. The molecule has 3 rings (SSSR count). The molecule has 162 valence electrons. The molecule has 2 amide bonds. The molecule has 7 heteroatoms. The van der Waals surface area contributed by atoms with Crippen molar-refractivity contribution in [2.24, 2.45) is 11.7 Å². The van der Waals surface area contributed by atoms with Gasteiger partial charge < -0.3 is 20.3 Å². The molecule has 1 aliphatic heterocycles. The Morgan fingerprint density at radius 3 is 2.45 bits per heavy atom. The van der Waals surface area contributed by atoms with E-state index in [1.54, 1.807) is 11.8 Å². The first-order chi connectivity index (χ1) is 13.3. The lowest BCUT2D eigenvalue weighted by atomic mass is 9.74. The van der Waals surface area contributed by atoms with Crippen LogP contribution in [0, 0.1) is 12.8 Å². The maximum absolute atomic E-state index is 13.0. The number of aryl methyl sites for hydroxylation is 1. The fraction of sp³-hybridized carbons (Fsp3) is 0.636. The van der Waals surface area contributed by atoms with Gasteiger partial charge in [0.05, 0.1) is 5.92 Å². The molecular formula is C22H34ClN3O3. The predicted octanol–water partition coefficient (Wildman–Crippen LogP) is 2.76. The van der Waals surface area contributed by atoms with Crippen molar-refractivity contribution in [2.45, 2.75) is 58.1 Å². The van der Waals surface area contributed by atoms with Gasteiger partial charge in [0.25, 0.3) is 5.91 Å². The van der Waals surface area contributed by atoms with Crippen LogP contribution in [0.1, 0.15) is 45.1 Å². The molecule has 1 saturated heterocycles. The van der Waals surface area contributed by atoms with Crippen LogP contribution in [-0.2, 0) is 9.59 Å². The second kappa shape index (κ2) is 9.81. The number of nitrogens with two attached hydrogens (primary N) is 1. The van der Waals surface area contributed by atoms with Crippen molar-refractivity contribution < 1.29 is 14.3 Å². The molecule has 2 fully saturated rings. The normalized spacial score (nSPS) is 25.7. The lowest BCUT2D eigenvalue weighted by Gasteiger charge is -2.42. The summed E-state index contributed by atoms with van der Waals surface area (Å²) < 4.78 is 5.82. The molecule has 6 nitrogen and oxygen atoms in total. The average molecular weight is 424 g/mol. The van der Waals surface area contributed by atoms with Gasteiger partial charge in [-0.1, -0.05) is 25.0 Å². The quantitative estimate of drug-likeness (QED) is 0.807. The van der Waals surface area contributed by atoms with Gasteiger partial charge in [-0.25, -0.2) is 0 Å². The van der Waals surface area contributed by atoms with Crippen molar-refractivity contribution in [1.29, 1.82) is 0 Å². The molecule has 2 N–H and O–H groups in total. The molecule has 0 radical (unpaired) electrons. The minimum absolute atomic E-state index is 0. The summed E-state index contributed by atoms with van der Waals surface area (Å²) in [7, 11) is 0. The van der Waals surface area contributed by atoms with Gasteiger partial charge in [-0.05, 0) is 51.3 Å². The zero-order valence-corrected chi connectivity index (χ0v) is 18.5. The van der Waals surface area contributed by atoms with Crippen molar-refractivity contribution in [3.8, 4) is 5.75 Å². The van der Waals surface area contributed by atoms with Gasteiger partial charge in [-0.15, -0.1) is 12.4 Å². The highest BCUT2D eigenvalue weighted by Gasteiger charge is 2.40. The number of halogens is 1. The SMILES string of the molecule is Cc1cccc(OC(C)C(=O)N2CCN(C(=O)C3CCCCC3(C)N)CC2)c1.Cl. The number of hydrogen-bond donors (Lipinski definition) is 1. The van der Waals surface area contributed by atoms with Gasteiger partial charge in [0.2, 0.25) is 5.91 Å². The van der Waals surface area contributed by atoms with Crippen LogP contribution in [0.2, 0.25) is 0 Å². The van der Waals surface area contributed by atoms with E-state index >= 15 is 0 Å². The van der Waals surface area contributed by atoms with Gasteiger partial charge >= 0.3 is 0 Å². The monoisotopic (exact) mass is 423 g/mol. The molecule has 3 unspecified atom stereocenters. The Morgan fingerprint density at radius 2 is 1.83 bits per heavy atom.